The molecule has 106 valence electrons. The highest BCUT2D eigenvalue weighted by Gasteiger charge is 2.45. The second-order valence-electron chi connectivity index (χ2n) is 6.19. The van der Waals surface area contributed by atoms with Crippen LogP contribution in [-0.2, 0) is 10.2 Å². The Morgan fingerprint density at radius 1 is 1.35 bits per heavy atom. The Kier molecular flexibility index (Phi) is 2.96. The van der Waals surface area contributed by atoms with E-state index in [9.17, 15) is 14.3 Å². The molecule has 0 heterocycles. The number of carboxylic acid groups (broad SMARTS) is 1. The van der Waals surface area contributed by atoms with Crippen molar-refractivity contribution in [2.45, 2.75) is 44.9 Å². The lowest BCUT2D eigenvalue weighted by Crippen LogP contribution is -2.33. The van der Waals surface area contributed by atoms with Gasteiger partial charge >= 0.3 is 5.97 Å². The molecular formula is C17H19FO2. The lowest BCUT2D eigenvalue weighted by molar-refractivity contribution is -0.141. The molecule has 1 saturated carbocycles. The van der Waals surface area contributed by atoms with Crippen molar-refractivity contribution in [2.75, 3.05) is 0 Å². The van der Waals surface area contributed by atoms with Crippen molar-refractivity contribution >= 4 is 5.97 Å². The maximum atomic E-state index is 14.0. The van der Waals surface area contributed by atoms with Gasteiger partial charge in [0, 0.05) is 0 Å². The number of rotatable bonds is 3. The summed E-state index contributed by atoms with van der Waals surface area (Å²) in [7, 11) is 0. The second-order valence-corrected chi connectivity index (χ2v) is 6.19. The summed E-state index contributed by atoms with van der Waals surface area (Å²) >= 11 is 0. The molecule has 1 aromatic rings. The number of benzene rings is 1. The Morgan fingerprint density at radius 3 is 2.65 bits per heavy atom. The molecule has 3 heteroatoms. The van der Waals surface area contributed by atoms with Gasteiger partial charge in [-0.15, -0.1) is 0 Å². The highest BCUT2D eigenvalue weighted by molar-refractivity contribution is 5.86. The predicted octanol–water partition coefficient (Wildman–Crippen LogP) is 3.90. The van der Waals surface area contributed by atoms with Crippen LogP contribution in [0.1, 0.15) is 42.4 Å². The lowest BCUT2D eigenvalue weighted by atomic mass is 9.77. The SMILES string of the molecule is Cc1cc(F)c(C)c(C2(C(=O)O)C=C(C3CC3)CC2)c1. The summed E-state index contributed by atoms with van der Waals surface area (Å²) in [6.45, 7) is 3.49. The third-order valence-electron chi connectivity index (χ3n) is 4.69. The van der Waals surface area contributed by atoms with E-state index >= 15 is 0 Å². The predicted molar refractivity (Wildman–Crippen MR) is 75.2 cm³/mol. The second kappa shape index (κ2) is 4.44. The zero-order chi connectivity index (χ0) is 14.5. The van der Waals surface area contributed by atoms with E-state index in [1.54, 1.807) is 6.92 Å². The molecule has 1 fully saturated rings. The van der Waals surface area contributed by atoms with Gasteiger partial charge < -0.3 is 5.11 Å². The van der Waals surface area contributed by atoms with Crippen molar-refractivity contribution in [3.8, 4) is 0 Å². The number of hydrogen-bond donors (Lipinski definition) is 1. The highest BCUT2D eigenvalue weighted by atomic mass is 19.1. The van der Waals surface area contributed by atoms with Crippen LogP contribution < -0.4 is 0 Å². The molecule has 0 radical (unpaired) electrons. The van der Waals surface area contributed by atoms with Gasteiger partial charge in [0.15, 0.2) is 0 Å². The van der Waals surface area contributed by atoms with Crippen LogP contribution in [0.25, 0.3) is 0 Å². The van der Waals surface area contributed by atoms with Crippen LogP contribution in [0, 0.1) is 25.6 Å². The maximum absolute atomic E-state index is 14.0. The van der Waals surface area contributed by atoms with E-state index < -0.39 is 11.4 Å². The van der Waals surface area contributed by atoms with Crippen LogP contribution >= 0.6 is 0 Å². The molecule has 2 aliphatic carbocycles. The Balaban J connectivity index is 2.15. The average Bonchev–Trinajstić information content (AvgIpc) is 3.13. The molecule has 0 aromatic heterocycles. The highest BCUT2D eigenvalue weighted by Crippen LogP contribution is 2.49. The van der Waals surface area contributed by atoms with Crippen LogP contribution in [0.2, 0.25) is 0 Å². The van der Waals surface area contributed by atoms with Crippen molar-refractivity contribution in [3.63, 3.8) is 0 Å². The Bertz CT molecular complexity index is 614. The molecule has 0 spiro atoms. The third kappa shape index (κ3) is 1.96. The third-order valence-corrected chi connectivity index (χ3v) is 4.69. The number of carboxylic acids is 1. The normalized spacial score (nSPS) is 25.6. The molecule has 1 atom stereocenters. The molecule has 0 aliphatic heterocycles. The summed E-state index contributed by atoms with van der Waals surface area (Å²) in [5.41, 5.74) is 2.09. The molecule has 0 saturated heterocycles. The summed E-state index contributed by atoms with van der Waals surface area (Å²) in [6.07, 6.45) is 5.63. The van der Waals surface area contributed by atoms with Crippen LogP contribution in [-0.4, -0.2) is 11.1 Å². The van der Waals surface area contributed by atoms with Crippen molar-refractivity contribution in [1.29, 1.82) is 0 Å². The smallest absolute Gasteiger partial charge is 0.318 e. The van der Waals surface area contributed by atoms with Gasteiger partial charge in [-0.2, -0.15) is 0 Å². The summed E-state index contributed by atoms with van der Waals surface area (Å²) in [5, 5.41) is 9.78. The number of carbonyl (C=O) groups is 1. The number of halogens is 1. The van der Waals surface area contributed by atoms with Crippen molar-refractivity contribution in [3.05, 3.63) is 46.3 Å². The van der Waals surface area contributed by atoms with Gasteiger partial charge in [-0.05, 0) is 68.2 Å². The first-order valence-electron chi connectivity index (χ1n) is 7.16. The quantitative estimate of drug-likeness (QED) is 0.849. The first kappa shape index (κ1) is 13.3. The fourth-order valence-corrected chi connectivity index (χ4v) is 3.35. The van der Waals surface area contributed by atoms with Gasteiger partial charge in [-0.1, -0.05) is 17.7 Å². The first-order chi connectivity index (χ1) is 9.44. The molecular weight excluding hydrogens is 255 g/mol. The number of aryl methyl sites for hydroxylation is 1. The average molecular weight is 274 g/mol. The van der Waals surface area contributed by atoms with E-state index in [2.05, 4.69) is 0 Å². The van der Waals surface area contributed by atoms with Crippen molar-refractivity contribution < 1.29 is 14.3 Å². The number of aliphatic carboxylic acids is 1. The van der Waals surface area contributed by atoms with Crippen LogP contribution in [0.5, 0.6) is 0 Å². The zero-order valence-electron chi connectivity index (χ0n) is 11.9. The van der Waals surface area contributed by atoms with Gasteiger partial charge in [0.25, 0.3) is 0 Å². The molecule has 1 unspecified atom stereocenters. The summed E-state index contributed by atoms with van der Waals surface area (Å²) in [5.74, 6) is -0.596. The first-order valence-corrected chi connectivity index (χ1v) is 7.16. The monoisotopic (exact) mass is 274 g/mol. The van der Waals surface area contributed by atoms with Crippen LogP contribution in [0.15, 0.2) is 23.8 Å². The van der Waals surface area contributed by atoms with E-state index in [1.807, 2.05) is 19.1 Å². The molecule has 3 rings (SSSR count). The van der Waals surface area contributed by atoms with Gasteiger partial charge in [0.1, 0.15) is 11.2 Å². The molecule has 20 heavy (non-hydrogen) atoms. The van der Waals surface area contributed by atoms with Crippen molar-refractivity contribution in [2.24, 2.45) is 5.92 Å². The van der Waals surface area contributed by atoms with Gasteiger partial charge in [0.2, 0.25) is 0 Å². The number of allylic oxidation sites excluding steroid dienone is 1. The summed E-state index contributed by atoms with van der Waals surface area (Å²) in [6, 6.07) is 3.30. The zero-order valence-corrected chi connectivity index (χ0v) is 11.9. The van der Waals surface area contributed by atoms with Crippen molar-refractivity contribution in [1.82, 2.24) is 0 Å². The maximum Gasteiger partial charge on any atom is 0.318 e. The molecule has 1 N–H and O–H groups in total. The molecule has 0 amide bonds. The molecule has 2 nitrogen and oxygen atoms in total. The summed E-state index contributed by atoms with van der Waals surface area (Å²) < 4.78 is 14.0. The van der Waals surface area contributed by atoms with Gasteiger partial charge in [-0.25, -0.2) is 4.39 Å². The Labute approximate surface area is 118 Å². The van der Waals surface area contributed by atoms with Crippen LogP contribution in [0.3, 0.4) is 0 Å². The Hall–Kier alpha value is -1.64. The van der Waals surface area contributed by atoms with Crippen LogP contribution in [0.4, 0.5) is 4.39 Å². The minimum absolute atomic E-state index is 0.311. The van der Waals surface area contributed by atoms with E-state index in [0.717, 1.165) is 12.0 Å². The van der Waals surface area contributed by atoms with Gasteiger partial charge in [-0.3, -0.25) is 4.79 Å². The fraction of sp³-hybridized carbons (Fsp3) is 0.471. The summed E-state index contributed by atoms with van der Waals surface area (Å²) in [4.78, 5) is 11.9. The molecule has 1 aromatic carbocycles. The van der Waals surface area contributed by atoms with E-state index in [0.29, 0.717) is 23.5 Å². The minimum Gasteiger partial charge on any atom is -0.480 e. The molecule has 2 aliphatic rings. The van der Waals surface area contributed by atoms with Gasteiger partial charge in [0.05, 0.1) is 0 Å². The van der Waals surface area contributed by atoms with E-state index in [1.165, 1.54) is 24.5 Å². The Morgan fingerprint density at radius 2 is 2.05 bits per heavy atom. The number of hydrogen-bond acceptors (Lipinski definition) is 1. The fourth-order valence-electron chi connectivity index (χ4n) is 3.35. The lowest BCUT2D eigenvalue weighted by Gasteiger charge is -2.25. The topological polar surface area (TPSA) is 37.3 Å². The molecule has 0 bridgehead atoms. The largest absolute Gasteiger partial charge is 0.480 e. The van der Waals surface area contributed by atoms with E-state index in [4.69, 9.17) is 0 Å². The standard InChI is InChI=1S/C17H19FO2/c1-10-7-14(11(2)15(18)8-10)17(16(19)20)6-5-13(9-17)12-3-4-12/h7-9,12H,3-6H2,1-2H3,(H,19,20). The van der Waals surface area contributed by atoms with E-state index in [-0.39, 0.29) is 5.82 Å². The minimum atomic E-state index is -1.03.